The van der Waals surface area contributed by atoms with Gasteiger partial charge in [-0.3, -0.25) is 9.36 Å². The average molecular weight is 541 g/mol. The first-order chi connectivity index (χ1) is 17.9. The molecule has 1 atom stereocenters. The van der Waals surface area contributed by atoms with Crippen LogP contribution in [0.25, 0.3) is 10.9 Å². The molecule has 1 spiro atoms. The highest BCUT2D eigenvalue weighted by atomic mass is 32.2. The number of aromatic nitrogens is 2. The number of nitriles is 1. The summed E-state index contributed by atoms with van der Waals surface area (Å²) in [6.07, 6.45) is 4.81. The van der Waals surface area contributed by atoms with E-state index in [9.17, 15) is 14.4 Å². The van der Waals surface area contributed by atoms with Crippen LogP contribution in [-0.2, 0) is 0 Å². The lowest BCUT2D eigenvalue weighted by atomic mass is 9.91. The first kappa shape index (κ1) is 25.9. The summed E-state index contributed by atoms with van der Waals surface area (Å²) in [5.74, 6) is 0.307. The zero-order chi connectivity index (χ0) is 26.0. The van der Waals surface area contributed by atoms with Gasteiger partial charge in [0.15, 0.2) is 11.6 Å². The maximum atomic E-state index is 14.8. The van der Waals surface area contributed by atoms with Gasteiger partial charge in [0.05, 0.1) is 22.9 Å². The minimum Gasteiger partial charge on any atom is -0.453 e. The normalized spacial score (nSPS) is 18.8. The van der Waals surface area contributed by atoms with Gasteiger partial charge in [-0.25, -0.2) is 13.7 Å². The van der Waals surface area contributed by atoms with E-state index in [0.29, 0.717) is 16.6 Å². The molecule has 2 fully saturated rings. The minimum atomic E-state index is -0.658. The molecule has 37 heavy (non-hydrogen) atoms. The van der Waals surface area contributed by atoms with Crippen molar-refractivity contribution in [3.63, 3.8) is 0 Å². The lowest BCUT2D eigenvalue weighted by Crippen LogP contribution is -2.38. The van der Waals surface area contributed by atoms with Crippen molar-refractivity contribution in [1.29, 1.82) is 5.26 Å². The Morgan fingerprint density at radius 2 is 2.19 bits per heavy atom. The van der Waals surface area contributed by atoms with E-state index in [2.05, 4.69) is 15.0 Å². The molecule has 2 aliphatic heterocycles. The van der Waals surface area contributed by atoms with Crippen molar-refractivity contribution < 1.29 is 9.13 Å². The zero-order valence-corrected chi connectivity index (χ0v) is 22.4. The Morgan fingerprint density at radius 1 is 1.38 bits per heavy atom. The number of nitrogens with one attached hydrogen (secondary N) is 2. The number of hydrogen-bond acceptors (Lipinski definition) is 9. The first-order valence-electron chi connectivity index (χ1n) is 12.3. The molecule has 3 aromatic rings. The predicted molar refractivity (Wildman–Crippen MR) is 148 cm³/mol. The summed E-state index contributed by atoms with van der Waals surface area (Å²) < 4.78 is 27.6. The summed E-state index contributed by atoms with van der Waals surface area (Å²) >= 11 is 3.27. The molecule has 1 unspecified atom stereocenters. The second-order valence-corrected chi connectivity index (χ2v) is 11.9. The van der Waals surface area contributed by atoms with Crippen molar-refractivity contribution in [2.45, 2.75) is 37.0 Å². The molecule has 3 heterocycles. The van der Waals surface area contributed by atoms with Gasteiger partial charge in [0.2, 0.25) is 0 Å². The van der Waals surface area contributed by atoms with Crippen LogP contribution in [0.15, 0.2) is 41.5 Å². The lowest BCUT2D eigenvalue weighted by molar-refractivity contribution is 0.360. The molecule has 8 nitrogen and oxygen atoms in total. The molecule has 2 saturated heterocycles. The average Bonchev–Trinajstić information content (AvgIpc) is 3.32. The van der Waals surface area contributed by atoms with Crippen molar-refractivity contribution in [3.8, 4) is 17.6 Å². The van der Waals surface area contributed by atoms with Crippen LogP contribution < -0.4 is 20.3 Å². The summed E-state index contributed by atoms with van der Waals surface area (Å²) in [5.41, 5.74) is 0.907. The van der Waals surface area contributed by atoms with Crippen LogP contribution in [0.3, 0.4) is 0 Å². The molecule has 2 aromatic carbocycles. The summed E-state index contributed by atoms with van der Waals surface area (Å²) in [6.45, 7) is 4.80. The molecule has 2 aliphatic rings. The first-order valence-corrected chi connectivity index (χ1v) is 14.1. The molecule has 0 aliphatic carbocycles. The number of piperidine rings is 1. The van der Waals surface area contributed by atoms with Gasteiger partial charge >= 0.3 is 0 Å². The Morgan fingerprint density at radius 3 is 2.95 bits per heavy atom. The fourth-order valence-corrected chi connectivity index (χ4v) is 7.01. The van der Waals surface area contributed by atoms with Gasteiger partial charge in [-0.2, -0.15) is 17.0 Å². The van der Waals surface area contributed by atoms with Gasteiger partial charge in [-0.05, 0) is 69.7 Å². The fraction of sp³-hybridized carbons (Fsp3) is 0.423. The number of thioether (sulfide) groups is 1. The monoisotopic (exact) mass is 540 g/mol. The molecule has 5 rings (SSSR count). The molecule has 11 heteroatoms. The van der Waals surface area contributed by atoms with Crippen LogP contribution in [0.2, 0.25) is 0 Å². The van der Waals surface area contributed by atoms with Gasteiger partial charge in [-0.1, -0.05) is 6.92 Å². The topological polar surface area (TPSA) is 95.2 Å². The van der Waals surface area contributed by atoms with Crippen molar-refractivity contribution in [2.75, 3.05) is 37.2 Å². The van der Waals surface area contributed by atoms with Crippen molar-refractivity contribution in [3.05, 3.63) is 58.4 Å². The summed E-state index contributed by atoms with van der Waals surface area (Å²) in [7, 11) is 1.90. The van der Waals surface area contributed by atoms with E-state index in [1.165, 1.54) is 24.3 Å². The second-order valence-electron chi connectivity index (χ2n) is 9.39. The fourth-order valence-electron chi connectivity index (χ4n) is 4.83. The third-order valence-corrected chi connectivity index (χ3v) is 9.67. The second kappa shape index (κ2) is 10.9. The number of rotatable bonds is 7. The smallest absolute Gasteiger partial charge is 0.261 e. The molecule has 0 bridgehead atoms. The van der Waals surface area contributed by atoms with E-state index in [1.54, 1.807) is 29.1 Å². The number of benzene rings is 2. The van der Waals surface area contributed by atoms with Gasteiger partial charge in [0.25, 0.3) is 5.56 Å². The molecule has 0 saturated carbocycles. The van der Waals surface area contributed by atoms with E-state index < -0.39 is 5.82 Å². The zero-order valence-electron chi connectivity index (χ0n) is 20.8. The quantitative estimate of drug-likeness (QED) is 0.405. The summed E-state index contributed by atoms with van der Waals surface area (Å²) in [4.78, 5) is 18.0. The van der Waals surface area contributed by atoms with Gasteiger partial charge in [0, 0.05) is 35.2 Å². The molecule has 0 amide bonds. The third-order valence-electron chi connectivity index (χ3n) is 7.05. The summed E-state index contributed by atoms with van der Waals surface area (Å²) in [5, 5.41) is 13.6. The Bertz CT molecular complexity index is 1400. The van der Waals surface area contributed by atoms with E-state index in [1.807, 2.05) is 36.1 Å². The van der Waals surface area contributed by atoms with E-state index in [4.69, 9.17) is 4.74 Å². The van der Waals surface area contributed by atoms with Crippen LogP contribution in [0.4, 0.5) is 10.1 Å². The molecule has 1 aromatic heterocycles. The number of halogens is 1. The third kappa shape index (κ3) is 5.29. The highest BCUT2D eigenvalue weighted by Gasteiger charge is 2.41. The van der Waals surface area contributed by atoms with Gasteiger partial charge < -0.3 is 14.8 Å². The van der Waals surface area contributed by atoms with Crippen molar-refractivity contribution in [2.24, 2.45) is 0 Å². The number of fused-ring (bicyclic) bond motifs is 1. The molecule has 194 valence electrons. The summed E-state index contributed by atoms with van der Waals surface area (Å²) in [6, 6.07) is 9.81. The van der Waals surface area contributed by atoms with Crippen LogP contribution in [-0.4, -0.2) is 51.0 Å². The SMILES string of the molecule is CCN(C)SNc1ccc(F)c(Oc2ccc3ncn(C4CSC5(CCNCC5)C4)c(=O)c3c2)c1C#N. The Kier molecular flexibility index (Phi) is 7.62. The maximum absolute atomic E-state index is 14.8. The Labute approximate surface area is 223 Å². The van der Waals surface area contributed by atoms with Crippen molar-refractivity contribution >= 4 is 40.5 Å². The van der Waals surface area contributed by atoms with Gasteiger partial charge in [-0.15, -0.1) is 0 Å². The minimum absolute atomic E-state index is 0.0518. The number of ether oxygens (including phenoxy) is 1. The molecule has 0 radical (unpaired) electrons. The highest BCUT2D eigenvalue weighted by Crippen LogP contribution is 2.48. The highest BCUT2D eigenvalue weighted by molar-refractivity contribution is 8.01. The Balaban J connectivity index is 1.44. The molecule has 2 N–H and O–H groups in total. The van der Waals surface area contributed by atoms with Crippen LogP contribution in [0, 0.1) is 17.1 Å². The number of hydrogen-bond donors (Lipinski definition) is 2. The van der Waals surface area contributed by atoms with E-state index in [0.717, 1.165) is 44.6 Å². The van der Waals surface area contributed by atoms with Crippen LogP contribution >= 0.6 is 23.9 Å². The number of nitrogens with zero attached hydrogens (tertiary/aromatic N) is 4. The largest absolute Gasteiger partial charge is 0.453 e. The van der Waals surface area contributed by atoms with Crippen molar-refractivity contribution in [1.82, 2.24) is 19.2 Å². The van der Waals surface area contributed by atoms with Crippen LogP contribution in [0.5, 0.6) is 11.5 Å². The lowest BCUT2D eigenvalue weighted by Gasteiger charge is -2.33. The van der Waals surface area contributed by atoms with Gasteiger partial charge in [0.1, 0.15) is 17.4 Å². The molecular weight excluding hydrogens is 511 g/mol. The van der Waals surface area contributed by atoms with E-state index in [-0.39, 0.29) is 33.4 Å². The number of anilines is 1. The van der Waals surface area contributed by atoms with E-state index >= 15 is 0 Å². The standard InChI is InChI=1S/C26H29FN6O2S2/c1-3-32(2)37-31-23-7-5-21(27)24(20(23)14-28)35-18-4-6-22-19(12-18)25(34)33(16-30-22)17-13-26(36-15-17)8-10-29-11-9-26/h4-7,12,16-17,29,31H,3,8-11,13,15H2,1-2H3. The maximum Gasteiger partial charge on any atom is 0.261 e. The Hall–Kier alpha value is -2.78. The predicted octanol–water partition coefficient (Wildman–Crippen LogP) is 4.93. The van der Waals surface area contributed by atoms with Crippen LogP contribution in [0.1, 0.15) is 37.8 Å². The molecular formula is C26H29FN6O2S2.